The fourth-order valence-electron chi connectivity index (χ4n) is 4.45. The van der Waals surface area contributed by atoms with Gasteiger partial charge in [0.2, 0.25) is 10.0 Å². The van der Waals surface area contributed by atoms with Gasteiger partial charge in [0, 0.05) is 25.2 Å². The predicted octanol–water partition coefficient (Wildman–Crippen LogP) is 4.88. The standard InChI is InChI=1S/C23H27ClN2O3S/c24-20-13-12-19(17-22(20)30(28,29)25-14-6-1-2-7-15-25)23(27)26-16-8-11-21(26)18-9-4-3-5-10-18/h3-5,9-10,12-13,17,21H,1-2,6-8,11,14-16H2. The minimum Gasteiger partial charge on any atom is -0.332 e. The summed E-state index contributed by atoms with van der Waals surface area (Å²) in [6.07, 6.45) is 5.60. The SMILES string of the molecule is O=C(c1ccc(Cl)c(S(=O)(=O)N2CCCCCC2)c1)N1CCCC1c1ccccc1. The van der Waals surface area contributed by atoms with Crippen LogP contribution >= 0.6 is 11.6 Å². The fraction of sp³-hybridized carbons (Fsp3) is 0.435. The zero-order valence-electron chi connectivity index (χ0n) is 17.0. The lowest BCUT2D eigenvalue weighted by Gasteiger charge is -2.26. The number of carbonyl (C=O) groups excluding carboxylic acids is 1. The van der Waals surface area contributed by atoms with E-state index in [9.17, 15) is 13.2 Å². The van der Waals surface area contributed by atoms with Crippen molar-refractivity contribution in [3.8, 4) is 0 Å². The van der Waals surface area contributed by atoms with Crippen LogP contribution in [0.2, 0.25) is 5.02 Å². The molecule has 2 heterocycles. The number of hydrogen-bond acceptors (Lipinski definition) is 3. The molecule has 30 heavy (non-hydrogen) atoms. The van der Waals surface area contributed by atoms with Crippen LogP contribution in [0.5, 0.6) is 0 Å². The number of amides is 1. The van der Waals surface area contributed by atoms with E-state index in [1.54, 1.807) is 6.07 Å². The lowest BCUT2D eigenvalue weighted by Crippen LogP contribution is -2.33. The second kappa shape index (κ2) is 9.08. The molecule has 0 radical (unpaired) electrons. The minimum absolute atomic E-state index is 0.0139. The van der Waals surface area contributed by atoms with E-state index < -0.39 is 10.0 Å². The van der Waals surface area contributed by atoms with Gasteiger partial charge in [0.1, 0.15) is 4.90 Å². The van der Waals surface area contributed by atoms with Crippen LogP contribution in [0.15, 0.2) is 53.4 Å². The van der Waals surface area contributed by atoms with Crippen molar-refractivity contribution in [2.45, 2.75) is 49.5 Å². The summed E-state index contributed by atoms with van der Waals surface area (Å²) in [5.74, 6) is -0.148. The smallest absolute Gasteiger partial charge is 0.254 e. The van der Waals surface area contributed by atoms with Gasteiger partial charge in [-0.25, -0.2) is 8.42 Å². The van der Waals surface area contributed by atoms with E-state index in [0.717, 1.165) is 44.1 Å². The van der Waals surface area contributed by atoms with Gasteiger partial charge >= 0.3 is 0 Å². The second-order valence-corrected chi connectivity index (χ2v) is 10.3. The lowest BCUT2D eigenvalue weighted by atomic mass is 10.0. The highest BCUT2D eigenvalue weighted by molar-refractivity contribution is 7.89. The van der Waals surface area contributed by atoms with Crippen molar-refractivity contribution in [3.05, 3.63) is 64.7 Å². The number of rotatable bonds is 4. The highest BCUT2D eigenvalue weighted by atomic mass is 35.5. The van der Waals surface area contributed by atoms with Crippen molar-refractivity contribution in [1.29, 1.82) is 0 Å². The summed E-state index contributed by atoms with van der Waals surface area (Å²) >= 11 is 6.30. The topological polar surface area (TPSA) is 57.7 Å². The largest absolute Gasteiger partial charge is 0.332 e. The first-order valence-electron chi connectivity index (χ1n) is 10.6. The summed E-state index contributed by atoms with van der Waals surface area (Å²) in [6.45, 7) is 1.66. The van der Waals surface area contributed by atoms with Crippen molar-refractivity contribution in [2.75, 3.05) is 19.6 Å². The first-order chi connectivity index (χ1) is 14.5. The number of nitrogens with zero attached hydrogens (tertiary/aromatic N) is 2. The molecule has 2 aliphatic rings. The van der Waals surface area contributed by atoms with Crippen LogP contribution < -0.4 is 0 Å². The van der Waals surface area contributed by atoms with Crippen LogP contribution in [-0.2, 0) is 10.0 Å². The quantitative estimate of drug-likeness (QED) is 0.672. The zero-order chi connectivity index (χ0) is 21.1. The van der Waals surface area contributed by atoms with Gasteiger partial charge in [-0.2, -0.15) is 4.31 Å². The number of halogens is 1. The van der Waals surface area contributed by atoms with Gasteiger partial charge in [-0.15, -0.1) is 0 Å². The number of carbonyl (C=O) groups is 1. The van der Waals surface area contributed by atoms with Crippen LogP contribution in [-0.4, -0.2) is 43.2 Å². The van der Waals surface area contributed by atoms with Gasteiger partial charge in [0.15, 0.2) is 0 Å². The van der Waals surface area contributed by atoms with E-state index in [4.69, 9.17) is 11.6 Å². The maximum absolute atomic E-state index is 13.3. The van der Waals surface area contributed by atoms with Gasteiger partial charge in [-0.3, -0.25) is 4.79 Å². The Morgan fingerprint density at radius 3 is 2.30 bits per heavy atom. The number of likely N-dealkylation sites (tertiary alicyclic amines) is 1. The third-order valence-corrected chi connectivity index (χ3v) is 8.44. The van der Waals surface area contributed by atoms with E-state index >= 15 is 0 Å². The van der Waals surface area contributed by atoms with E-state index in [-0.39, 0.29) is 21.9 Å². The Bertz CT molecular complexity index is 1000. The Labute approximate surface area is 183 Å². The average Bonchev–Trinajstić information content (AvgIpc) is 3.08. The van der Waals surface area contributed by atoms with Crippen LogP contribution in [0, 0.1) is 0 Å². The molecule has 1 amide bonds. The van der Waals surface area contributed by atoms with Gasteiger partial charge in [0.05, 0.1) is 11.1 Å². The van der Waals surface area contributed by atoms with Crippen LogP contribution in [0.25, 0.3) is 0 Å². The number of benzene rings is 2. The monoisotopic (exact) mass is 446 g/mol. The summed E-state index contributed by atoms with van der Waals surface area (Å²) in [6, 6.07) is 14.6. The Kier molecular flexibility index (Phi) is 6.46. The molecule has 2 aromatic carbocycles. The van der Waals surface area contributed by atoms with Crippen molar-refractivity contribution in [3.63, 3.8) is 0 Å². The predicted molar refractivity (Wildman–Crippen MR) is 118 cm³/mol. The normalized spacial score (nSPS) is 20.8. The van der Waals surface area contributed by atoms with Crippen LogP contribution in [0.4, 0.5) is 0 Å². The fourth-order valence-corrected chi connectivity index (χ4v) is 6.47. The third-order valence-electron chi connectivity index (χ3n) is 6.06. The molecule has 5 nitrogen and oxygen atoms in total. The minimum atomic E-state index is -3.73. The van der Waals surface area contributed by atoms with Crippen LogP contribution in [0.1, 0.15) is 60.5 Å². The molecule has 0 spiro atoms. The molecule has 2 fully saturated rings. The molecule has 0 N–H and O–H groups in total. The zero-order valence-corrected chi connectivity index (χ0v) is 18.5. The maximum Gasteiger partial charge on any atom is 0.254 e. The molecule has 0 aliphatic carbocycles. The Balaban J connectivity index is 1.63. The molecule has 1 atom stereocenters. The summed E-state index contributed by atoms with van der Waals surface area (Å²) in [7, 11) is -3.73. The van der Waals surface area contributed by atoms with E-state index in [1.165, 1.54) is 16.4 Å². The summed E-state index contributed by atoms with van der Waals surface area (Å²) < 4.78 is 28.0. The molecular formula is C23H27ClN2O3S. The number of sulfonamides is 1. The van der Waals surface area contributed by atoms with Crippen LogP contribution in [0.3, 0.4) is 0 Å². The van der Waals surface area contributed by atoms with Gasteiger partial charge in [-0.1, -0.05) is 54.8 Å². The van der Waals surface area contributed by atoms with E-state index in [2.05, 4.69) is 0 Å². The van der Waals surface area contributed by atoms with Gasteiger partial charge in [-0.05, 0) is 49.4 Å². The maximum atomic E-state index is 13.3. The molecule has 2 saturated heterocycles. The molecule has 1 unspecified atom stereocenters. The molecule has 0 bridgehead atoms. The average molecular weight is 447 g/mol. The van der Waals surface area contributed by atoms with Gasteiger partial charge < -0.3 is 4.90 Å². The molecule has 2 aliphatic heterocycles. The lowest BCUT2D eigenvalue weighted by molar-refractivity contribution is 0.0735. The van der Waals surface area contributed by atoms with E-state index in [0.29, 0.717) is 25.2 Å². The van der Waals surface area contributed by atoms with Crippen molar-refractivity contribution in [1.82, 2.24) is 9.21 Å². The first kappa shape index (κ1) is 21.3. The molecule has 7 heteroatoms. The first-order valence-corrected chi connectivity index (χ1v) is 12.5. The number of hydrogen-bond donors (Lipinski definition) is 0. The molecule has 0 aromatic heterocycles. The molecule has 160 valence electrons. The molecular weight excluding hydrogens is 420 g/mol. The summed E-state index contributed by atoms with van der Waals surface area (Å²) in [5.41, 5.74) is 1.48. The summed E-state index contributed by atoms with van der Waals surface area (Å²) in [4.78, 5) is 15.2. The Hall–Kier alpha value is -1.89. The molecule has 0 saturated carbocycles. The summed E-state index contributed by atoms with van der Waals surface area (Å²) in [5, 5.41) is 0.164. The van der Waals surface area contributed by atoms with Crippen molar-refractivity contribution < 1.29 is 13.2 Å². The van der Waals surface area contributed by atoms with Crippen molar-refractivity contribution in [2.24, 2.45) is 0 Å². The van der Waals surface area contributed by atoms with Crippen molar-refractivity contribution >= 4 is 27.5 Å². The highest BCUT2D eigenvalue weighted by Gasteiger charge is 2.32. The second-order valence-electron chi connectivity index (χ2n) is 8.03. The third kappa shape index (κ3) is 4.27. The molecule has 2 aromatic rings. The Morgan fingerprint density at radius 2 is 1.60 bits per heavy atom. The molecule has 4 rings (SSSR count). The van der Waals surface area contributed by atoms with Gasteiger partial charge in [0.25, 0.3) is 5.91 Å². The Morgan fingerprint density at radius 1 is 0.900 bits per heavy atom. The van der Waals surface area contributed by atoms with E-state index in [1.807, 2.05) is 35.2 Å². The highest BCUT2D eigenvalue weighted by Crippen LogP contribution is 2.34.